The minimum Gasteiger partial charge on any atom is -0.345 e. The fourth-order valence-corrected chi connectivity index (χ4v) is 2.16. The number of benzene rings is 2. The zero-order valence-electron chi connectivity index (χ0n) is 10.4. The predicted octanol–water partition coefficient (Wildman–Crippen LogP) is 4.48. The highest BCUT2D eigenvalue weighted by atomic mass is 35.5. The third-order valence-corrected chi connectivity index (χ3v) is 3.66. The average Bonchev–Trinajstić information content (AvgIpc) is 2.42. The average molecular weight is 294 g/mol. The molecule has 0 aliphatic rings. The van der Waals surface area contributed by atoms with Crippen LogP contribution in [0.1, 0.15) is 28.9 Å². The van der Waals surface area contributed by atoms with Crippen molar-refractivity contribution in [1.82, 2.24) is 5.32 Å². The summed E-state index contributed by atoms with van der Waals surface area (Å²) in [5, 5.41) is 3.55. The molecular formula is C15H13Cl2NO. The molecule has 2 aromatic rings. The molecule has 0 unspecified atom stereocenters. The lowest BCUT2D eigenvalue weighted by Gasteiger charge is -2.15. The number of carbonyl (C=O) groups excluding carboxylic acids is 1. The number of hydrogen-bond donors (Lipinski definition) is 1. The standard InChI is InChI=1S/C15H13Cl2NO/c1-10(11-6-3-2-4-7-11)18-15(19)12-8-5-9-13(16)14(12)17/h2-10H,1H3,(H,18,19)/t10-/m1/s1. The maximum atomic E-state index is 12.1. The molecule has 4 heteroatoms. The minimum absolute atomic E-state index is 0.0938. The Bertz CT molecular complexity index is 584. The van der Waals surface area contributed by atoms with Crippen LogP contribution in [0.4, 0.5) is 0 Å². The second-order valence-corrected chi connectivity index (χ2v) is 4.99. The first-order chi connectivity index (χ1) is 9.09. The van der Waals surface area contributed by atoms with E-state index in [1.807, 2.05) is 37.3 Å². The van der Waals surface area contributed by atoms with E-state index < -0.39 is 0 Å². The molecule has 0 aromatic heterocycles. The van der Waals surface area contributed by atoms with Crippen LogP contribution in [0, 0.1) is 0 Å². The monoisotopic (exact) mass is 293 g/mol. The van der Waals surface area contributed by atoms with Gasteiger partial charge in [-0.1, -0.05) is 59.6 Å². The van der Waals surface area contributed by atoms with Crippen molar-refractivity contribution < 1.29 is 4.79 Å². The van der Waals surface area contributed by atoms with Gasteiger partial charge in [0, 0.05) is 0 Å². The Labute approximate surface area is 122 Å². The Balaban J connectivity index is 2.16. The number of amides is 1. The first kappa shape index (κ1) is 13.9. The van der Waals surface area contributed by atoms with Crippen molar-refractivity contribution in [2.45, 2.75) is 13.0 Å². The lowest BCUT2D eigenvalue weighted by Crippen LogP contribution is -2.26. The summed E-state index contributed by atoms with van der Waals surface area (Å²) in [4.78, 5) is 12.1. The van der Waals surface area contributed by atoms with Crippen molar-refractivity contribution in [1.29, 1.82) is 0 Å². The van der Waals surface area contributed by atoms with Crippen molar-refractivity contribution >= 4 is 29.1 Å². The van der Waals surface area contributed by atoms with Crippen LogP contribution < -0.4 is 5.32 Å². The highest BCUT2D eigenvalue weighted by Gasteiger charge is 2.15. The molecule has 0 saturated carbocycles. The van der Waals surface area contributed by atoms with Gasteiger partial charge in [-0.25, -0.2) is 0 Å². The van der Waals surface area contributed by atoms with Gasteiger partial charge in [0.25, 0.3) is 5.91 Å². The van der Waals surface area contributed by atoms with Gasteiger partial charge >= 0.3 is 0 Å². The fourth-order valence-electron chi connectivity index (χ4n) is 1.78. The van der Waals surface area contributed by atoms with Crippen molar-refractivity contribution in [3.05, 3.63) is 69.7 Å². The van der Waals surface area contributed by atoms with Crippen LogP contribution in [0.15, 0.2) is 48.5 Å². The van der Waals surface area contributed by atoms with Crippen LogP contribution >= 0.6 is 23.2 Å². The molecule has 0 bridgehead atoms. The Morgan fingerprint density at radius 3 is 2.42 bits per heavy atom. The fraction of sp³-hybridized carbons (Fsp3) is 0.133. The van der Waals surface area contributed by atoms with Crippen LogP contribution in [0.25, 0.3) is 0 Å². The molecule has 0 aliphatic carbocycles. The molecule has 0 saturated heterocycles. The first-order valence-corrected chi connectivity index (χ1v) is 6.65. The van der Waals surface area contributed by atoms with E-state index in [1.54, 1.807) is 18.2 Å². The number of rotatable bonds is 3. The first-order valence-electron chi connectivity index (χ1n) is 5.89. The van der Waals surface area contributed by atoms with Gasteiger partial charge in [0.2, 0.25) is 0 Å². The summed E-state index contributed by atoms with van der Waals surface area (Å²) in [7, 11) is 0. The summed E-state index contributed by atoms with van der Waals surface area (Å²) < 4.78 is 0. The van der Waals surface area contributed by atoms with E-state index in [4.69, 9.17) is 23.2 Å². The molecule has 0 fully saturated rings. The molecule has 1 amide bonds. The SMILES string of the molecule is C[C@@H](NC(=O)c1cccc(Cl)c1Cl)c1ccccc1. The van der Waals surface area contributed by atoms with E-state index in [0.717, 1.165) is 5.56 Å². The summed E-state index contributed by atoms with van der Waals surface area (Å²) in [6, 6.07) is 14.7. The van der Waals surface area contributed by atoms with Crippen LogP contribution in [-0.4, -0.2) is 5.91 Å². The topological polar surface area (TPSA) is 29.1 Å². The van der Waals surface area contributed by atoms with Crippen LogP contribution in [0.5, 0.6) is 0 Å². The minimum atomic E-state index is -0.233. The van der Waals surface area contributed by atoms with Crippen molar-refractivity contribution in [2.75, 3.05) is 0 Å². The number of nitrogens with one attached hydrogen (secondary N) is 1. The maximum Gasteiger partial charge on any atom is 0.253 e. The van der Waals surface area contributed by atoms with E-state index in [9.17, 15) is 4.79 Å². The van der Waals surface area contributed by atoms with Gasteiger partial charge in [0.05, 0.1) is 21.7 Å². The molecule has 98 valence electrons. The Morgan fingerprint density at radius 1 is 1.05 bits per heavy atom. The van der Waals surface area contributed by atoms with Crippen molar-refractivity contribution in [3.63, 3.8) is 0 Å². The third kappa shape index (κ3) is 3.28. The quantitative estimate of drug-likeness (QED) is 0.888. The molecule has 2 aromatic carbocycles. The molecule has 0 spiro atoms. The molecule has 19 heavy (non-hydrogen) atoms. The molecule has 1 atom stereocenters. The number of hydrogen-bond acceptors (Lipinski definition) is 1. The summed E-state index contributed by atoms with van der Waals surface area (Å²) in [6.07, 6.45) is 0. The molecule has 1 N–H and O–H groups in total. The molecule has 0 heterocycles. The second-order valence-electron chi connectivity index (χ2n) is 4.21. The lowest BCUT2D eigenvalue weighted by atomic mass is 10.1. The predicted molar refractivity (Wildman–Crippen MR) is 78.8 cm³/mol. The molecule has 0 radical (unpaired) electrons. The zero-order valence-corrected chi connectivity index (χ0v) is 11.9. The smallest absolute Gasteiger partial charge is 0.253 e. The Morgan fingerprint density at radius 2 is 1.74 bits per heavy atom. The van der Waals surface area contributed by atoms with E-state index in [-0.39, 0.29) is 17.0 Å². The molecule has 2 nitrogen and oxygen atoms in total. The normalized spacial score (nSPS) is 11.9. The van der Waals surface area contributed by atoms with Gasteiger partial charge in [-0.3, -0.25) is 4.79 Å². The van der Waals surface area contributed by atoms with Crippen molar-refractivity contribution in [2.24, 2.45) is 0 Å². The summed E-state index contributed by atoms with van der Waals surface area (Å²) in [6.45, 7) is 1.92. The largest absolute Gasteiger partial charge is 0.345 e. The highest BCUT2D eigenvalue weighted by Crippen LogP contribution is 2.26. The Hall–Kier alpha value is -1.51. The van der Waals surface area contributed by atoms with Crippen LogP contribution in [-0.2, 0) is 0 Å². The van der Waals surface area contributed by atoms with Crippen molar-refractivity contribution in [3.8, 4) is 0 Å². The maximum absolute atomic E-state index is 12.1. The van der Waals surface area contributed by atoms with E-state index in [0.29, 0.717) is 10.6 Å². The van der Waals surface area contributed by atoms with Crippen LogP contribution in [0.2, 0.25) is 10.0 Å². The number of halogens is 2. The number of carbonyl (C=O) groups is 1. The van der Waals surface area contributed by atoms with Gasteiger partial charge in [-0.05, 0) is 24.6 Å². The van der Waals surface area contributed by atoms with Gasteiger partial charge in [-0.15, -0.1) is 0 Å². The lowest BCUT2D eigenvalue weighted by molar-refractivity contribution is 0.0940. The Kier molecular flexibility index (Phi) is 4.46. The van der Waals surface area contributed by atoms with Gasteiger partial charge in [0.15, 0.2) is 0 Å². The van der Waals surface area contributed by atoms with E-state index in [1.165, 1.54) is 0 Å². The zero-order chi connectivity index (χ0) is 13.8. The van der Waals surface area contributed by atoms with E-state index >= 15 is 0 Å². The van der Waals surface area contributed by atoms with Gasteiger partial charge in [0.1, 0.15) is 0 Å². The molecule has 2 rings (SSSR count). The van der Waals surface area contributed by atoms with Gasteiger partial charge < -0.3 is 5.32 Å². The molecular weight excluding hydrogens is 281 g/mol. The second kappa shape index (κ2) is 6.09. The van der Waals surface area contributed by atoms with Gasteiger partial charge in [-0.2, -0.15) is 0 Å². The van der Waals surface area contributed by atoms with E-state index in [2.05, 4.69) is 5.32 Å². The summed E-state index contributed by atoms with van der Waals surface area (Å²) in [5.74, 6) is -0.233. The molecule has 0 aliphatic heterocycles. The summed E-state index contributed by atoms with van der Waals surface area (Å²) >= 11 is 11.9. The highest BCUT2D eigenvalue weighted by molar-refractivity contribution is 6.43. The van der Waals surface area contributed by atoms with Crippen LogP contribution in [0.3, 0.4) is 0 Å². The summed E-state index contributed by atoms with van der Waals surface area (Å²) in [5.41, 5.74) is 1.42. The third-order valence-electron chi connectivity index (χ3n) is 2.84.